The number of hydrogen-bond acceptors (Lipinski definition) is 4. The zero-order chi connectivity index (χ0) is 14.7. The third kappa shape index (κ3) is 3.49. The van der Waals surface area contributed by atoms with Crippen LogP contribution in [0.25, 0.3) is 11.3 Å². The van der Waals surface area contributed by atoms with Crippen LogP contribution in [0, 0.1) is 0 Å². The molecule has 2 heterocycles. The van der Waals surface area contributed by atoms with Crippen LogP contribution in [0.3, 0.4) is 0 Å². The van der Waals surface area contributed by atoms with Gasteiger partial charge >= 0.3 is 0 Å². The lowest BCUT2D eigenvalue weighted by Gasteiger charge is -2.00. The Morgan fingerprint density at radius 3 is 2.86 bits per heavy atom. The van der Waals surface area contributed by atoms with Crippen LogP contribution in [-0.2, 0) is 6.42 Å². The average Bonchev–Trinajstić information content (AvgIpc) is 2.97. The Kier molecular flexibility index (Phi) is 4.31. The second-order valence-corrected chi connectivity index (χ2v) is 6.38. The highest BCUT2D eigenvalue weighted by atomic mass is 79.9. The maximum absolute atomic E-state index is 5.06. The maximum atomic E-state index is 5.06. The molecule has 0 aliphatic heterocycles. The lowest BCUT2D eigenvalue weighted by atomic mass is 10.2. The number of methoxy groups -OCH3 is 1. The van der Waals surface area contributed by atoms with Gasteiger partial charge in [-0.1, -0.05) is 34.1 Å². The molecule has 0 fully saturated rings. The summed E-state index contributed by atoms with van der Waals surface area (Å²) < 4.78 is 6.13. The first-order valence-electron chi connectivity index (χ1n) is 6.44. The minimum Gasteiger partial charge on any atom is -0.481 e. The van der Waals surface area contributed by atoms with Gasteiger partial charge in [-0.2, -0.15) is 0 Å². The van der Waals surface area contributed by atoms with E-state index in [2.05, 4.69) is 38.4 Å². The first-order valence-corrected chi connectivity index (χ1v) is 8.11. The molecule has 0 amide bonds. The van der Waals surface area contributed by atoms with Crippen molar-refractivity contribution >= 4 is 27.3 Å². The molecule has 1 aromatic carbocycles. The van der Waals surface area contributed by atoms with Gasteiger partial charge in [0, 0.05) is 34.1 Å². The lowest BCUT2D eigenvalue weighted by Crippen LogP contribution is -1.91. The summed E-state index contributed by atoms with van der Waals surface area (Å²) in [7, 11) is 1.62. The van der Waals surface area contributed by atoms with E-state index in [1.54, 1.807) is 18.4 Å². The Morgan fingerprint density at radius 2 is 2.14 bits per heavy atom. The van der Waals surface area contributed by atoms with Gasteiger partial charge in [-0.15, -0.1) is 11.3 Å². The van der Waals surface area contributed by atoms with Crippen LogP contribution in [0.2, 0.25) is 0 Å². The normalized spacial score (nSPS) is 10.6. The molecule has 3 aromatic rings. The maximum Gasteiger partial charge on any atom is 0.212 e. The quantitative estimate of drug-likeness (QED) is 0.683. The second-order valence-electron chi connectivity index (χ2n) is 4.52. The van der Waals surface area contributed by atoms with E-state index >= 15 is 0 Å². The smallest absolute Gasteiger partial charge is 0.212 e. The van der Waals surface area contributed by atoms with E-state index in [9.17, 15) is 0 Å². The van der Waals surface area contributed by atoms with E-state index in [0.29, 0.717) is 5.88 Å². The molecule has 0 radical (unpaired) electrons. The largest absolute Gasteiger partial charge is 0.481 e. The topological polar surface area (TPSA) is 35.0 Å². The number of benzene rings is 1. The number of nitrogens with zero attached hydrogens (tertiary/aromatic N) is 2. The Labute approximate surface area is 135 Å². The highest BCUT2D eigenvalue weighted by Gasteiger charge is 2.06. The zero-order valence-corrected chi connectivity index (χ0v) is 13.8. The molecule has 3 nitrogen and oxygen atoms in total. The Hall–Kier alpha value is -1.72. The second kappa shape index (κ2) is 6.37. The van der Waals surface area contributed by atoms with E-state index in [1.165, 1.54) is 0 Å². The Balaban J connectivity index is 1.78. The molecule has 0 aliphatic carbocycles. The van der Waals surface area contributed by atoms with Crippen LogP contribution in [0.1, 0.15) is 10.6 Å². The predicted octanol–water partition coefficient (Wildman–Crippen LogP) is 4.57. The van der Waals surface area contributed by atoms with Gasteiger partial charge < -0.3 is 4.74 Å². The SMILES string of the molecule is COc1ccc(Cc2nc(-c3cccc(Br)c3)cs2)cn1. The molecule has 3 rings (SSSR count). The summed E-state index contributed by atoms with van der Waals surface area (Å²) >= 11 is 5.16. The zero-order valence-electron chi connectivity index (χ0n) is 11.4. The van der Waals surface area contributed by atoms with E-state index in [4.69, 9.17) is 9.72 Å². The minimum absolute atomic E-state index is 0.632. The van der Waals surface area contributed by atoms with Crippen molar-refractivity contribution in [1.29, 1.82) is 0 Å². The van der Waals surface area contributed by atoms with Crippen molar-refractivity contribution in [3.05, 3.63) is 63.0 Å². The number of aromatic nitrogens is 2. The van der Waals surface area contributed by atoms with Gasteiger partial charge in [0.25, 0.3) is 0 Å². The number of thiazole rings is 1. The molecule has 0 bridgehead atoms. The van der Waals surface area contributed by atoms with E-state index in [0.717, 1.165) is 32.7 Å². The van der Waals surface area contributed by atoms with Gasteiger partial charge in [0.15, 0.2) is 0 Å². The first kappa shape index (κ1) is 14.2. The molecule has 0 atom stereocenters. The van der Waals surface area contributed by atoms with Gasteiger partial charge in [-0.3, -0.25) is 0 Å². The van der Waals surface area contributed by atoms with Crippen LogP contribution in [0.5, 0.6) is 5.88 Å². The lowest BCUT2D eigenvalue weighted by molar-refractivity contribution is 0.397. The van der Waals surface area contributed by atoms with Crippen molar-refractivity contribution in [3.63, 3.8) is 0 Å². The molecule has 21 heavy (non-hydrogen) atoms. The number of rotatable bonds is 4. The number of hydrogen-bond donors (Lipinski definition) is 0. The van der Waals surface area contributed by atoms with Crippen LogP contribution >= 0.6 is 27.3 Å². The summed E-state index contributed by atoms with van der Waals surface area (Å²) in [5.41, 5.74) is 3.27. The fourth-order valence-corrected chi connectivity index (χ4v) is 3.22. The first-order chi connectivity index (χ1) is 10.2. The highest BCUT2D eigenvalue weighted by Crippen LogP contribution is 2.25. The number of halogens is 1. The molecule has 5 heteroatoms. The van der Waals surface area contributed by atoms with Crippen molar-refractivity contribution in [2.75, 3.05) is 7.11 Å². The van der Waals surface area contributed by atoms with Crippen molar-refractivity contribution < 1.29 is 4.74 Å². The van der Waals surface area contributed by atoms with Crippen LogP contribution in [0.15, 0.2) is 52.4 Å². The monoisotopic (exact) mass is 360 g/mol. The third-order valence-electron chi connectivity index (χ3n) is 3.03. The molecule has 0 N–H and O–H groups in total. The fourth-order valence-electron chi connectivity index (χ4n) is 1.98. The van der Waals surface area contributed by atoms with Crippen LogP contribution in [-0.4, -0.2) is 17.1 Å². The molecule has 2 aromatic heterocycles. The summed E-state index contributed by atoms with van der Waals surface area (Å²) in [6.07, 6.45) is 2.62. The third-order valence-corrected chi connectivity index (χ3v) is 4.38. The van der Waals surface area contributed by atoms with Crippen molar-refractivity contribution in [2.45, 2.75) is 6.42 Å². The molecule has 0 saturated heterocycles. The highest BCUT2D eigenvalue weighted by molar-refractivity contribution is 9.10. The number of pyridine rings is 1. The molecule has 0 spiro atoms. The van der Waals surface area contributed by atoms with Crippen molar-refractivity contribution in [2.24, 2.45) is 0 Å². The van der Waals surface area contributed by atoms with E-state index < -0.39 is 0 Å². The fraction of sp³-hybridized carbons (Fsp3) is 0.125. The molecular weight excluding hydrogens is 348 g/mol. The van der Waals surface area contributed by atoms with Crippen molar-refractivity contribution in [1.82, 2.24) is 9.97 Å². The van der Waals surface area contributed by atoms with Gasteiger partial charge in [0.05, 0.1) is 17.8 Å². The summed E-state index contributed by atoms with van der Waals surface area (Å²) in [5, 5.41) is 3.17. The van der Waals surface area contributed by atoms with E-state index in [-0.39, 0.29) is 0 Å². The van der Waals surface area contributed by atoms with Gasteiger partial charge in [0.1, 0.15) is 0 Å². The van der Waals surface area contributed by atoms with Crippen LogP contribution < -0.4 is 4.74 Å². The summed E-state index contributed by atoms with van der Waals surface area (Å²) in [5.74, 6) is 0.632. The summed E-state index contributed by atoms with van der Waals surface area (Å²) in [6, 6.07) is 12.1. The Morgan fingerprint density at radius 1 is 1.24 bits per heavy atom. The molecular formula is C16H13BrN2OS. The molecule has 106 valence electrons. The number of ether oxygens (including phenoxy) is 1. The summed E-state index contributed by atoms with van der Waals surface area (Å²) in [4.78, 5) is 8.92. The molecule has 0 unspecified atom stereocenters. The van der Waals surface area contributed by atoms with Gasteiger partial charge in [0.2, 0.25) is 5.88 Å². The van der Waals surface area contributed by atoms with Gasteiger partial charge in [-0.25, -0.2) is 9.97 Å². The standard InChI is InChI=1S/C16H13BrN2OS/c1-20-15-6-5-11(9-18-15)7-16-19-14(10-21-16)12-3-2-4-13(17)8-12/h2-6,8-10H,7H2,1H3. The van der Waals surface area contributed by atoms with Gasteiger partial charge in [-0.05, 0) is 17.7 Å². The average molecular weight is 361 g/mol. The summed E-state index contributed by atoms with van der Waals surface area (Å²) in [6.45, 7) is 0. The van der Waals surface area contributed by atoms with E-state index in [1.807, 2.05) is 30.5 Å². The Bertz CT molecular complexity index is 740. The molecule has 0 saturated carbocycles. The molecule has 0 aliphatic rings. The predicted molar refractivity (Wildman–Crippen MR) is 88.8 cm³/mol. The minimum atomic E-state index is 0.632. The van der Waals surface area contributed by atoms with Crippen molar-refractivity contribution in [3.8, 4) is 17.1 Å². The van der Waals surface area contributed by atoms with Crippen LogP contribution in [0.4, 0.5) is 0 Å².